The van der Waals surface area contributed by atoms with Crippen LogP contribution in [-0.4, -0.2) is 27.7 Å². The number of hydrogen-bond donors (Lipinski definition) is 1. The fraction of sp³-hybridized carbons (Fsp3) is 0.348. The highest BCUT2D eigenvalue weighted by Gasteiger charge is 2.37. The van der Waals surface area contributed by atoms with Gasteiger partial charge in [0.25, 0.3) is 0 Å². The van der Waals surface area contributed by atoms with Gasteiger partial charge in [-0.05, 0) is 137 Å². The summed E-state index contributed by atoms with van der Waals surface area (Å²) < 4.78 is 0. The molecule has 0 amide bonds. The van der Waals surface area contributed by atoms with Crippen molar-refractivity contribution < 1.29 is 0 Å². The summed E-state index contributed by atoms with van der Waals surface area (Å²) in [5.74, 6) is 0. The van der Waals surface area contributed by atoms with Gasteiger partial charge in [-0.1, -0.05) is 78.6 Å². The number of dihydropyridines is 1. The van der Waals surface area contributed by atoms with Crippen molar-refractivity contribution in [3.8, 4) is 0 Å². The van der Waals surface area contributed by atoms with E-state index in [-0.39, 0.29) is 0 Å². The van der Waals surface area contributed by atoms with Crippen LogP contribution in [0.15, 0.2) is 169 Å². The Morgan fingerprint density at radius 1 is 0.481 bits per heavy atom. The van der Waals surface area contributed by atoms with Crippen LogP contribution in [0.1, 0.15) is 107 Å². The van der Waals surface area contributed by atoms with Crippen molar-refractivity contribution in [2.24, 2.45) is 20.0 Å². The average Bonchev–Trinajstić information content (AvgIpc) is 3.97. The Morgan fingerprint density at radius 2 is 0.926 bits per heavy atom. The molecule has 0 spiro atoms. The third-order valence-corrected chi connectivity index (χ3v) is 11.9. The number of aliphatic imine (C=N–C) groups is 4. The van der Waals surface area contributed by atoms with Crippen molar-refractivity contribution in [2.75, 3.05) is 0 Å². The second-order valence-electron chi connectivity index (χ2n) is 13.9. The Bertz CT molecular complexity index is 2240. The molecule has 0 saturated heterocycles. The molecule has 7 aliphatic heterocycles. The van der Waals surface area contributed by atoms with Crippen LogP contribution in [0.3, 0.4) is 0 Å². The average molecular weight is 758 g/mol. The van der Waals surface area contributed by atoms with E-state index < -0.39 is 0 Å². The molecular weight excluding hydrogens is 707 g/mol. The molecule has 8 bridgehead atoms. The van der Waals surface area contributed by atoms with Gasteiger partial charge < -0.3 is 10.2 Å². The van der Waals surface area contributed by atoms with Gasteiger partial charge in [-0.2, -0.15) is 0 Å². The lowest BCUT2D eigenvalue weighted by molar-refractivity contribution is 0.645. The molecule has 7 rings (SSSR count). The Balaban J connectivity index is 1.60. The first kappa shape index (κ1) is 37.8. The highest BCUT2D eigenvalue weighted by atomic mass is 35.5. The minimum absolute atomic E-state index is 0.602. The number of allylic oxidation sites excluding steroid dienone is 17. The number of hydrogen-bond acceptors (Lipinski definition) is 6. The van der Waals surface area contributed by atoms with Gasteiger partial charge in [-0.25, -0.2) is 20.0 Å². The number of halogens is 2. The Morgan fingerprint density at radius 3 is 1.50 bits per heavy atom. The van der Waals surface area contributed by atoms with Crippen molar-refractivity contribution in [1.82, 2.24) is 10.2 Å². The summed E-state index contributed by atoms with van der Waals surface area (Å²) in [7, 11) is 0. The molecule has 0 aromatic carbocycles. The van der Waals surface area contributed by atoms with E-state index in [0.717, 1.165) is 125 Å². The molecule has 8 heteroatoms. The smallest absolute Gasteiger partial charge is 0.0975 e. The van der Waals surface area contributed by atoms with Gasteiger partial charge >= 0.3 is 0 Å². The Labute approximate surface area is 331 Å². The van der Waals surface area contributed by atoms with E-state index in [4.69, 9.17) is 43.2 Å². The van der Waals surface area contributed by atoms with Crippen molar-refractivity contribution in [3.05, 3.63) is 149 Å². The monoisotopic (exact) mass is 756 g/mol. The van der Waals surface area contributed by atoms with E-state index in [9.17, 15) is 0 Å². The lowest BCUT2D eigenvalue weighted by Crippen LogP contribution is -2.22. The minimum Gasteiger partial charge on any atom is -0.368 e. The second kappa shape index (κ2) is 15.7. The first-order chi connectivity index (χ1) is 26.3. The number of nitrogens with zero attached hydrogens (tertiary/aromatic N) is 5. The molecule has 0 aromatic heterocycles. The Kier molecular flexibility index (Phi) is 11.0. The lowest BCUT2D eigenvalue weighted by atomic mass is 9.92. The van der Waals surface area contributed by atoms with Gasteiger partial charge in [0.1, 0.15) is 0 Å². The zero-order valence-electron chi connectivity index (χ0n) is 32.8. The second-order valence-corrected chi connectivity index (χ2v) is 14.6. The summed E-state index contributed by atoms with van der Waals surface area (Å²) in [5, 5.41) is 4.34. The maximum absolute atomic E-state index is 7.60. The number of fused-ring (bicyclic) bond motifs is 4. The van der Waals surface area contributed by atoms with E-state index in [1.54, 1.807) is 0 Å². The standard InChI is InChI=1S/C46H50Cl2N6/c1-9-28-30(11-3)40-38(47)42-32(13-5)34(15-7)44(52-42)46(54-23-19-27(20-24-54)26-17-21-49-22-18-26)45-35(16-8)33(14-6)43(53-45)39(48)41-31(12-4)29(10-2)37(51-41)25-36(28)50-40/h17-25,49H,9-16H2,1-8H3. The molecule has 0 radical (unpaired) electrons. The maximum Gasteiger partial charge on any atom is 0.0975 e. The van der Waals surface area contributed by atoms with Gasteiger partial charge in [-0.15, -0.1) is 0 Å². The summed E-state index contributed by atoms with van der Waals surface area (Å²) in [6.45, 7) is 17.6. The van der Waals surface area contributed by atoms with Crippen LogP contribution in [0, 0.1) is 0 Å². The molecule has 0 unspecified atom stereocenters. The zero-order chi connectivity index (χ0) is 38.3. The summed E-state index contributed by atoms with van der Waals surface area (Å²) in [6.07, 6.45) is 25.2. The third-order valence-electron chi connectivity index (χ3n) is 11.2. The SMILES string of the molecule is CCC1=C(CC)C2=NC1=CC1=NC(=C(Cl)C3=NC(=C(N4C=CC(=C5C=CNC=C5)C=C4)C4=NC(=C2Cl)C(CC)=C4CC)C(CC)=C3CC)C(CC)=C1CC. The Hall–Kier alpha value is -4.52. The predicted molar refractivity (Wildman–Crippen MR) is 230 cm³/mol. The van der Waals surface area contributed by atoms with E-state index in [0.29, 0.717) is 10.1 Å². The molecule has 0 aromatic rings. The largest absolute Gasteiger partial charge is 0.368 e. The first-order valence-corrected chi connectivity index (χ1v) is 20.5. The van der Waals surface area contributed by atoms with Crippen LogP contribution in [0.2, 0.25) is 0 Å². The van der Waals surface area contributed by atoms with E-state index in [1.165, 1.54) is 33.4 Å². The molecule has 0 saturated carbocycles. The maximum atomic E-state index is 7.60. The highest BCUT2D eigenvalue weighted by Crippen LogP contribution is 2.46. The van der Waals surface area contributed by atoms with Gasteiger partial charge in [0.2, 0.25) is 0 Å². The van der Waals surface area contributed by atoms with Crippen LogP contribution in [0.25, 0.3) is 0 Å². The highest BCUT2D eigenvalue weighted by molar-refractivity contribution is 6.49. The van der Waals surface area contributed by atoms with Crippen molar-refractivity contribution in [1.29, 1.82) is 0 Å². The molecule has 1 N–H and O–H groups in total. The normalized spacial score (nSPS) is 21.1. The molecule has 7 aliphatic rings. The fourth-order valence-corrected chi connectivity index (χ4v) is 9.28. The molecule has 0 atom stereocenters. The predicted octanol–water partition coefficient (Wildman–Crippen LogP) is 12.6. The molecule has 0 aliphatic carbocycles. The van der Waals surface area contributed by atoms with E-state index >= 15 is 0 Å². The van der Waals surface area contributed by atoms with Gasteiger partial charge in [0.15, 0.2) is 0 Å². The van der Waals surface area contributed by atoms with Gasteiger partial charge in [0, 0.05) is 24.8 Å². The quantitative estimate of drug-likeness (QED) is 0.255. The van der Waals surface area contributed by atoms with Gasteiger partial charge in [-0.3, -0.25) is 0 Å². The molecule has 54 heavy (non-hydrogen) atoms. The molecule has 6 nitrogen and oxygen atoms in total. The van der Waals surface area contributed by atoms with Crippen LogP contribution in [0.4, 0.5) is 0 Å². The molecule has 278 valence electrons. The number of rotatable bonds is 9. The van der Waals surface area contributed by atoms with Crippen LogP contribution in [0.5, 0.6) is 0 Å². The number of nitrogens with one attached hydrogen (secondary N) is 1. The molecular formula is C46H50Cl2N6. The van der Waals surface area contributed by atoms with Crippen LogP contribution < -0.4 is 5.32 Å². The van der Waals surface area contributed by atoms with Gasteiger partial charge in [0.05, 0.1) is 61.4 Å². The summed E-state index contributed by atoms with van der Waals surface area (Å²) in [4.78, 5) is 23.9. The van der Waals surface area contributed by atoms with E-state index in [1.807, 2.05) is 12.4 Å². The summed E-state index contributed by atoms with van der Waals surface area (Å²) in [6, 6.07) is 0. The first-order valence-electron chi connectivity index (χ1n) is 19.8. The molecule has 0 fully saturated rings. The third kappa shape index (κ3) is 6.12. The topological polar surface area (TPSA) is 64.7 Å². The summed E-state index contributed by atoms with van der Waals surface area (Å²) >= 11 is 15.2. The minimum atomic E-state index is 0.602. The fourth-order valence-electron chi connectivity index (χ4n) is 8.66. The van der Waals surface area contributed by atoms with Crippen molar-refractivity contribution >= 4 is 46.0 Å². The van der Waals surface area contributed by atoms with E-state index in [2.05, 4.69) is 108 Å². The molecule has 7 heterocycles. The zero-order valence-corrected chi connectivity index (χ0v) is 34.4. The van der Waals surface area contributed by atoms with Crippen molar-refractivity contribution in [2.45, 2.75) is 107 Å². The van der Waals surface area contributed by atoms with Crippen LogP contribution in [-0.2, 0) is 0 Å². The summed E-state index contributed by atoms with van der Waals surface area (Å²) in [5.41, 5.74) is 19.4. The lowest BCUT2D eigenvalue weighted by Gasteiger charge is -2.26. The van der Waals surface area contributed by atoms with Crippen molar-refractivity contribution in [3.63, 3.8) is 0 Å². The van der Waals surface area contributed by atoms with Crippen LogP contribution >= 0.6 is 23.2 Å².